The zero-order chi connectivity index (χ0) is 20.8. The Hall–Kier alpha value is -3.54. The molecule has 0 aliphatic heterocycles. The van der Waals surface area contributed by atoms with Crippen molar-refractivity contribution < 1.29 is 18.4 Å². The van der Waals surface area contributed by atoms with E-state index in [2.05, 4.69) is 5.32 Å². The average molecular weight is 394 g/mol. The Bertz CT molecular complexity index is 955. The van der Waals surface area contributed by atoms with Crippen molar-refractivity contribution in [3.63, 3.8) is 0 Å². The van der Waals surface area contributed by atoms with Gasteiger partial charge in [0, 0.05) is 12.0 Å². The maximum atomic E-state index is 13.9. The summed E-state index contributed by atoms with van der Waals surface area (Å²) in [6.45, 7) is 0. The molecule has 3 rings (SSSR count). The van der Waals surface area contributed by atoms with Gasteiger partial charge in [-0.2, -0.15) is 0 Å². The predicted molar refractivity (Wildman–Crippen MR) is 106 cm³/mol. The van der Waals surface area contributed by atoms with Gasteiger partial charge in [-0.1, -0.05) is 66.7 Å². The lowest BCUT2D eigenvalue weighted by Crippen LogP contribution is -2.49. The minimum atomic E-state index is -1.05. The van der Waals surface area contributed by atoms with E-state index in [-0.39, 0.29) is 12.0 Å². The summed E-state index contributed by atoms with van der Waals surface area (Å²) in [5.74, 6) is -3.36. The van der Waals surface area contributed by atoms with Gasteiger partial charge in [0.25, 0.3) is 0 Å². The fourth-order valence-electron chi connectivity index (χ4n) is 3.28. The Balaban J connectivity index is 1.89. The zero-order valence-corrected chi connectivity index (χ0v) is 15.5. The van der Waals surface area contributed by atoms with Crippen molar-refractivity contribution in [1.29, 1.82) is 0 Å². The van der Waals surface area contributed by atoms with Crippen LogP contribution in [0.1, 0.15) is 22.6 Å². The molecule has 148 valence electrons. The average Bonchev–Trinajstić information content (AvgIpc) is 2.71. The van der Waals surface area contributed by atoms with Gasteiger partial charge in [0.1, 0.15) is 17.7 Å². The van der Waals surface area contributed by atoms with Crippen LogP contribution in [0, 0.1) is 11.6 Å². The SMILES string of the molecule is NC(=O)[C@H](NC(=O)Cc1ccc(F)cc1F)C(c1ccccc1)c1ccccc1. The Kier molecular flexibility index (Phi) is 6.34. The zero-order valence-electron chi connectivity index (χ0n) is 15.5. The van der Waals surface area contributed by atoms with Gasteiger partial charge < -0.3 is 11.1 Å². The molecule has 0 aliphatic carbocycles. The molecule has 3 N–H and O–H groups in total. The molecule has 0 saturated carbocycles. The van der Waals surface area contributed by atoms with Gasteiger partial charge in [0.05, 0.1) is 6.42 Å². The van der Waals surface area contributed by atoms with Crippen LogP contribution in [0.15, 0.2) is 78.9 Å². The van der Waals surface area contributed by atoms with Crippen molar-refractivity contribution in [2.45, 2.75) is 18.4 Å². The molecule has 0 unspecified atom stereocenters. The molecule has 2 amide bonds. The highest BCUT2D eigenvalue weighted by molar-refractivity contribution is 5.88. The molecule has 29 heavy (non-hydrogen) atoms. The lowest BCUT2D eigenvalue weighted by Gasteiger charge is -2.27. The van der Waals surface area contributed by atoms with Gasteiger partial charge in [0.15, 0.2) is 0 Å². The molecule has 0 heterocycles. The maximum Gasteiger partial charge on any atom is 0.240 e. The van der Waals surface area contributed by atoms with Gasteiger partial charge in [-0.15, -0.1) is 0 Å². The second-order valence-corrected chi connectivity index (χ2v) is 6.66. The van der Waals surface area contributed by atoms with Crippen molar-refractivity contribution >= 4 is 11.8 Å². The van der Waals surface area contributed by atoms with Crippen molar-refractivity contribution in [1.82, 2.24) is 5.32 Å². The molecule has 0 aliphatic rings. The summed E-state index contributed by atoms with van der Waals surface area (Å²) in [5.41, 5.74) is 7.26. The molecule has 1 atom stereocenters. The van der Waals surface area contributed by atoms with Gasteiger partial charge in [-0.25, -0.2) is 8.78 Å². The molecule has 0 saturated heterocycles. The first-order chi connectivity index (χ1) is 14.0. The standard InChI is InChI=1S/C23H20F2N2O2/c24-18-12-11-17(19(25)14-18)13-20(28)27-22(23(26)29)21(15-7-3-1-4-8-15)16-9-5-2-6-10-16/h1-12,14,21-22H,13H2,(H2,26,29)(H,27,28)/t22-/m1/s1. The van der Waals surface area contributed by atoms with E-state index in [1.54, 1.807) is 0 Å². The predicted octanol–water partition coefficient (Wildman–Crippen LogP) is 3.31. The van der Waals surface area contributed by atoms with Gasteiger partial charge in [0.2, 0.25) is 11.8 Å². The topological polar surface area (TPSA) is 72.2 Å². The van der Waals surface area contributed by atoms with Gasteiger partial charge in [-0.05, 0) is 22.8 Å². The number of nitrogens with one attached hydrogen (secondary N) is 1. The third-order valence-corrected chi connectivity index (χ3v) is 4.64. The van der Waals surface area contributed by atoms with E-state index in [9.17, 15) is 18.4 Å². The highest BCUT2D eigenvalue weighted by atomic mass is 19.1. The van der Waals surface area contributed by atoms with Crippen molar-refractivity contribution in [3.05, 3.63) is 107 Å². The third-order valence-electron chi connectivity index (χ3n) is 4.64. The van der Waals surface area contributed by atoms with E-state index in [1.165, 1.54) is 6.07 Å². The van der Waals surface area contributed by atoms with Crippen LogP contribution in [0.2, 0.25) is 0 Å². The van der Waals surface area contributed by atoms with Crippen molar-refractivity contribution in [2.24, 2.45) is 5.73 Å². The third kappa shape index (κ3) is 5.04. The quantitative estimate of drug-likeness (QED) is 0.645. The number of hydrogen-bond acceptors (Lipinski definition) is 2. The molecule has 0 bridgehead atoms. The monoisotopic (exact) mass is 394 g/mol. The van der Waals surface area contributed by atoms with Crippen LogP contribution in [-0.4, -0.2) is 17.9 Å². The number of carbonyl (C=O) groups excluding carboxylic acids is 2. The van der Waals surface area contributed by atoms with Crippen LogP contribution < -0.4 is 11.1 Å². The largest absolute Gasteiger partial charge is 0.368 e. The number of rotatable bonds is 7. The number of hydrogen-bond donors (Lipinski definition) is 2. The van der Waals surface area contributed by atoms with Crippen LogP contribution >= 0.6 is 0 Å². The molecule has 0 fully saturated rings. The van der Waals surface area contributed by atoms with Crippen LogP contribution in [-0.2, 0) is 16.0 Å². The van der Waals surface area contributed by atoms with E-state index in [1.807, 2.05) is 60.7 Å². The lowest BCUT2D eigenvalue weighted by atomic mass is 9.84. The summed E-state index contributed by atoms with van der Waals surface area (Å²) in [4.78, 5) is 24.8. The van der Waals surface area contributed by atoms with E-state index in [4.69, 9.17) is 5.73 Å². The number of nitrogens with two attached hydrogens (primary N) is 1. The minimum Gasteiger partial charge on any atom is -0.368 e. The van der Waals surface area contributed by atoms with Crippen LogP contribution in [0.4, 0.5) is 8.78 Å². The second kappa shape index (κ2) is 9.10. The van der Waals surface area contributed by atoms with Gasteiger partial charge >= 0.3 is 0 Å². The summed E-state index contributed by atoms with van der Waals surface area (Å²) in [6, 6.07) is 20.4. The van der Waals surface area contributed by atoms with Crippen molar-refractivity contribution in [3.8, 4) is 0 Å². The number of amides is 2. The first kappa shape index (κ1) is 20.2. The molecular weight excluding hydrogens is 374 g/mol. The Labute approximate surface area is 167 Å². The number of halogens is 2. The molecule has 0 radical (unpaired) electrons. The maximum absolute atomic E-state index is 13.9. The summed E-state index contributed by atoms with van der Waals surface area (Å²) >= 11 is 0. The normalized spacial score (nSPS) is 11.8. The number of primary amides is 1. The first-order valence-electron chi connectivity index (χ1n) is 9.08. The van der Waals surface area contributed by atoms with Crippen LogP contribution in [0.3, 0.4) is 0 Å². The summed E-state index contributed by atoms with van der Waals surface area (Å²) < 4.78 is 27.0. The first-order valence-corrected chi connectivity index (χ1v) is 9.08. The molecular formula is C23H20F2N2O2. The molecule has 3 aromatic carbocycles. The van der Waals surface area contributed by atoms with E-state index in [0.29, 0.717) is 6.07 Å². The Morgan fingerprint density at radius 1 is 0.862 bits per heavy atom. The van der Waals surface area contributed by atoms with Gasteiger partial charge in [-0.3, -0.25) is 9.59 Å². The van der Waals surface area contributed by atoms with Crippen molar-refractivity contribution in [2.75, 3.05) is 0 Å². The smallest absolute Gasteiger partial charge is 0.240 e. The molecule has 6 heteroatoms. The van der Waals surface area contributed by atoms with Crippen LogP contribution in [0.25, 0.3) is 0 Å². The second-order valence-electron chi connectivity index (χ2n) is 6.66. The Morgan fingerprint density at radius 2 is 1.41 bits per heavy atom. The molecule has 4 nitrogen and oxygen atoms in total. The fourth-order valence-corrected chi connectivity index (χ4v) is 3.28. The lowest BCUT2D eigenvalue weighted by molar-refractivity contribution is -0.127. The highest BCUT2D eigenvalue weighted by Gasteiger charge is 2.31. The molecule has 0 spiro atoms. The Morgan fingerprint density at radius 3 is 1.90 bits per heavy atom. The van der Waals surface area contributed by atoms with E-state index in [0.717, 1.165) is 17.2 Å². The number of benzene rings is 3. The highest BCUT2D eigenvalue weighted by Crippen LogP contribution is 2.28. The molecule has 0 aromatic heterocycles. The summed E-state index contributed by atoms with van der Waals surface area (Å²) in [5, 5.41) is 2.63. The van der Waals surface area contributed by atoms with E-state index >= 15 is 0 Å². The minimum absolute atomic E-state index is 0.0306. The van der Waals surface area contributed by atoms with E-state index < -0.39 is 35.4 Å². The number of carbonyl (C=O) groups is 2. The summed E-state index contributed by atoms with van der Waals surface area (Å²) in [7, 11) is 0. The van der Waals surface area contributed by atoms with Crippen LogP contribution in [0.5, 0.6) is 0 Å². The fraction of sp³-hybridized carbons (Fsp3) is 0.130. The summed E-state index contributed by atoms with van der Waals surface area (Å²) in [6.07, 6.45) is -0.341. The molecule has 3 aromatic rings.